The first-order chi connectivity index (χ1) is 14.3. The van der Waals surface area contributed by atoms with Crippen molar-refractivity contribution >= 4 is 22.9 Å². The fraction of sp³-hybridized carbons (Fsp3) is 0.364. The van der Waals surface area contributed by atoms with E-state index in [1.807, 2.05) is 56.0 Å². The number of hydrogen-bond donors (Lipinski definition) is 2. The third-order valence-corrected chi connectivity index (χ3v) is 5.41. The Labute approximate surface area is 175 Å². The van der Waals surface area contributed by atoms with E-state index in [1.165, 1.54) is 10.6 Å². The molecule has 0 aliphatic heterocycles. The molecule has 0 saturated carbocycles. The molecule has 2 atom stereocenters. The summed E-state index contributed by atoms with van der Waals surface area (Å²) < 4.78 is 1.31. The van der Waals surface area contributed by atoms with Gasteiger partial charge in [0.2, 0.25) is 11.9 Å². The van der Waals surface area contributed by atoms with Gasteiger partial charge in [0.25, 0.3) is 5.56 Å². The van der Waals surface area contributed by atoms with Crippen molar-refractivity contribution in [3.8, 4) is 0 Å². The van der Waals surface area contributed by atoms with Crippen molar-refractivity contribution in [2.24, 2.45) is 5.73 Å². The molecule has 158 valence electrons. The molecular weight excluding hydrogens is 382 g/mol. The molecule has 0 aliphatic carbocycles. The van der Waals surface area contributed by atoms with Crippen molar-refractivity contribution in [1.82, 2.24) is 14.5 Å². The third kappa shape index (κ3) is 3.91. The van der Waals surface area contributed by atoms with Gasteiger partial charge in [0.05, 0.1) is 18.3 Å². The Morgan fingerprint density at radius 1 is 1.20 bits per heavy atom. The summed E-state index contributed by atoms with van der Waals surface area (Å²) >= 11 is 0. The number of carbonyl (C=O) groups is 1. The van der Waals surface area contributed by atoms with Crippen molar-refractivity contribution in [2.45, 2.75) is 39.8 Å². The molecule has 8 nitrogen and oxygen atoms in total. The second-order valence-electron chi connectivity index (χ2n) is 7.43. The van der Waals surface area contributed by atoms with Gasteiger partial charge >= 0.3 is 0 Å². The zero-order chi connectivity index (χ0) is 22.0. The van der Waals surface area contributed by atoms with Crippen LogP contribution in [0.25, 0.3) is 11.0 Å². The van der Waals surface area contributed by atoms with Gasteiger partial charge in [-0.15, -0.1) is 0 Å². The fourth-order valence-corrected chi connectivity index (χ4v) is 3.73. The summed E-state index contributed by atoms with van der Waals surface area (Å²) in [6, 6.07) is 10.3. The normalized spacial score (nSPS) is 13.2. The summed E-state index contributed by atoms with van der Waals surface area (Å²) in [7, 11) is 0. The number of hydrogen-bond acceptors (Lipinski definition) is 6. The average Bonchev–Trinajstić information content (AvgIpc) is 2.71. The number of pyridine rings is 1. The molecule has 0 aliphatic rings. The third-order valence-electron chi connectivity index (χ3n) is 5.41. The lowest BCUT2D eigenvalue weighted by atomic mass is 10.1. The summed E-state index contributed by atoms with van der Waals surface area (Å²) in [6.07, 6.45) is 0. The highest BCUT2D eigenvalue weighted by Gasteiger charge is 2.23. The number of amides is 1. The van der Waals surface area contributed by atoms with E-state index in [-0.39, 0.29) is 18.2 Å². The molecule has 1 amide bonds. The van der Waals surface area contributed by atoms with Gasteiger partial charge in [-0.2, -0.15) is 4.98 Å². The quantitative estimate of drug-likeness (QED) is 0.617. The Hall–Kier alpha value is -3.26. The first kappa shape index (κ1) is 21.4. The highest BCUT2D eigenvalue weighted by molar-refractivity contribution is 5.85. The number of aromatic nitrogens is 3. The van der Waals surface area contributed by atoms with Crippen LogP contribution in [0.3, 0.4) is 0 Å². The van der Waals surface area contributed by atoms with Crippen LogP contribution in [0.15, 0.2) is 41.2 Å². The summed E-state index contributed by atoms with van der Waals surface area (Å²) in [5.74, 6) is -0.245. The molecule has 30 heavy (non-hydrogen) atoms. The minimum atomic E-state index is -0.861. The van der Waals surface area contributed by atoms with Gasteiger partial charge in [-0.05, 0) is 38.8 Å². The lowest BCUT2D eigenvalue weighted by Gasteiger charge is -2.30. The van der Waals surface area contributed by atoms with Gasteiger partial charge in [0.1, 0.15) is 11.7 Å². The Balaban J connectivity index is 2.26. The number of rotatable bonds is 7. The van der Waals surface area contributed by atoms with Gasteiger partial charge in [-0.3, -0.25) is 14.2 Å². The molecule has 2 aromatic heterocycles. The molecular formula is C22H27N5O3. The second-order valence-corrected chi connectivity index (χ2v) is 7.43. The zero-order valence-electron chi connectivity index (χ0n) is 17.7. The number of aryl methyl sites for hydroxylation is 2. The van der Waals surface area contributed by atoms with Crippen LogP contribution in [0.4, 0.5) is 5.95 Å². The maximum absolute atomic E-state index is 12.7. The van der Waals surface area contributed by atoms with E-state index < -0.39 is 11.9 Å². The van der Waals surface area contributed by atoms with E-state index >= 15 is 0 Å². The number of fused-ring (bicyclic) bond motifs is 1. The highest BCUT2D eigenvalue weighted by atomic mass is 16.3. The smallest absolute Gasteiger partial charge is 0.253 e. The zero-order valence-corrected chi connectivity index (χ0v) is 17.7. The first-order valence-corrected chi connectivity index (χ1v) is 9.88. The molecule has 0 saturated heterocycles. The van der Waals surface area contributed by atoms with Gasteiger partial charge in [0.15, 0.2) is 0 Å². The molecule has 3 aromatic rings. The minimum Gasteiger partial charge on any atom is -0.395 e. The lowest BCUT2D eigenvalue weighted by molar-refractivity contribution is -0.120. The summed E-state index contributed by atoms with van der Waals surface area (Å²) in [5.41, 5.74) is 7.96. The molecule has 1 unspecified atom stereocenters. The largest absolute Gasteiger partial charge is 0.395 e. The summed E-state index contributed by atoms with van der Waals surface area (Å²) in [4.78, 5) is 35.8. The minimum absolute atomic E-state index is 0.0874. The predicted molar refractivity (Wildman–Crippen MR) is 116 cm³/mol. The number of anilines is 1. The van der Waals surface area contributed by atoms with E-state index in [0.29, 0.717) is 29.2 Å². The van der Waals surface area contributed by atoms with Crippen LogP contribution < -0.4 is 16.2 Å². The Bertz CT molecular complexity index is 1130. The number of primary amides is 1. The molecule has 3 N–H and O–H groups in total. The monoisotopic (exact) mass is 409 g/mol. The molecule has 3 rings (SSSR count). The van der Waals surface area contributed by atoms with Crippen LogP contribution >= 0.6 is 0 Å². The molecule has 1 aromatic carbocycles. The van der Waals surface area contributed by atoms with E-state index in [1.54, 1.807) is 6.92 Å². The number of nitrogens with zero attached hydrogens (tertiary/aromatic N) is 4. The van der Waals surface area contributed by atoms with Crippen molar-refractivity contribution in [2.75, 3.05) is 18.1 Å². The molecule has 2 heterocycles. The SMILES string of the molecule is Cc1cc(=O)n(C(C)C(N)=O)c2nc(N(CCO)[C@@H](C)c3ccccc3)nc(C)c12. The van der Waals surface area contributed by atoms with E-state index in [2.05, 4.69) is 9.97 Å². The maximum Gasteiger partial charge on any atom is 0.253 e. The second kappa shape index (κ2) is 8.62. The maximum atomic E-state index is 12.7. The van der Waals surface area contributed by atoms with Crippen LogP contribution in [0.5, 0.6) is 0 Å². The Morgan fingerprint density at radius 3 is 2.47 bits per heavy atom. The Morgan fingerprint density at radius 2 is 1.87 bits per heavy atom. The van der Waals surface area contributed by atoms with Crippen LogP contribution in [0, 0.1) is 13.8 Å². The van der Waals surface area contributed by atoms with E-state index in [4.69, 9.17) is 5.73 Å². The molecule has 0 bridgehead atoms. The Kier molecular flexibility index (Phi) is 6.17. The number of aliphatic hydroxyl groups excluding tert-OH is 1. The van der Waals surface area contributed by atoms with Gasteiger partial charge in [0, 0.05) is 18.0 Å². The fourth-order valence-electron chi connectivity index (χ4n) is 3.73. The number of nitrogens with two attached hydrogens (primary N) is 1. The van der Waals surface area contributed by atoms with Crippen molar-refractivity contribution in [3.05, 3.63) is 63.6 Å². The number of benzene rings is 1. The molecule has 0 spiro atoms. The van der Waals surface area contributed by atoms with Crippen molar-refractivity contribution in [3.63, 3.8) is 0 Å². The van der Waals surface area contributed by atoms with Crippen molar-refractivity contribution < 1.29 is 9.90 Å². The molecule has 8 heteroatoms. The molecule has 0 fully saturated rings. The lowest BCUT2D eigenvalue weighted by Crippen LogP contribution is -2.34. The van der Waals surface area contributed by atoms with Gasteiger partial charge < -0.3 is 15.7 Å². The molecule has 0 radical (unpaired) electrons. The van der Waals surface area contributed by atoms with Crippen LogP contribution in [0.1, 0.15) is 42.8 Å². The summed E-state index contributed by atoms with van der Waals surface area (Å²) in [6.45, 7) is 7.46. The predicted octanol–water partition coefficient (Wildman–Crippen LogP) is 2.01. The highest BCUT2D eigenvalue weighted by Crippen LogP contribution is 2.28. The van der Waals surface area contributed by atoms with Gasteiger partial charge in [-0.25, -0.2) is 4.98 Å². The van der Waals surface area contributed by atoms with Crippen LogP contribution in [-0.2, 0) is 4.79 Å². The van der Waals surface area contributed by atoms with E-state index in [0.717, 1.165) is 11.1 Å². The topological polar surface area (TPSA) is 114 Å². The van der Waals surface area contributed by atoms with Crippen LogP contribution in [-0.4, -0.2) is 38.7 Å². The average molecular weight is 409 g/mol. The van der Waals surface area contributed by atoms with Crippen molar-refractivity contribution in [1.29, 1.82) is 0 Å². The van der Waals surface area contributed by atoms with Crippen LogP contribution in [0.2, 0.25) is 0 Å². The van der Waals surface area contributed by atoms with E-state index in [9.17, 15) is 14.7 Å². The summed E-state index contributed by atoms with van der Waals surface area (Å²) in [5, 5.41) is 10.4. The van der Waals surface area contributed by atoms with Gasteiger partial charge in [-0.1, -0.05) is 30.3 Å². The first-order valence-electron chi connectivity index (χ1n) is 9.88. The standard InChI is InChI=1S/C22H27N5O3/c1-13-12-18(29)27(16(4)20(23)30)21-19(13)14(2)24-22(25-21)26(10-11-28)15(3)17-8-6-5-7-9-17/h5-9,12,15-16,28H,10-11H2,1-4H3,(H2,23,30)/t15-,16?/m0/s1. The number of aliphatic hydroxyl groups is 1. The number of carbonyl (C=O) groups excluding carboxylic acids is 1.